The first-order valence-electron chi connectivity index (χ1n) is 5.58. The zero-order valence-corrected chi connectivity index (χ0v) is 12.5. The van der Waals surface area contributed by atoms with Crippen LogP contribution in [0.5, 0.6) is 0 Å². The van der Waals surface area contributed by atoms with Crippen LogP contribution in [-0.4, -0.2) is 28.5 Å². The molecular weight excluding hydrogens is 302 g/mol. The van der Waals surface area contributed by atoms with Crippen LogP contribution in [0.4, 0.5) is 4.39 Å². The first kappa shape index (κ1) is 15.6. The van der Waals surface area contributed by atoms with Gasteiger partial charge in [0.1, 0.15) is 5.82 Å². The van der Waals surface area contributed by atoms with Gasteiger partial charge in [0, 0.05) is 0 Å². The summed E-state index contributed by atoms with van der Waals surface area (Å²) in [6.07, 6.45) is 0. The van der Waals surface area contributed by atoms with Gasteiger partial charge in [0.15, 0.2) is 0 Å². The van der Waals surface area contributed by atoms with E-state index in [1.54, 1.807) is 27.7 Å². The van der Waals surface area contributed by atoms with E-state index in [9.17, 15) is 14.5 Å². The molecule has 0 bridgehead atoms. The second kappa shape index (κ2) is 5.29. The molecule has 3 nitrogen and oxygen atoms in total. The number of benzene rings is 1. The Labute approximate surface area is 115 Å². The lowest BCUT2D eigenvalue weighted by atomic mass is 9.76. The summed E-state index contributed by atoms with van der Waals surface area (Å²) in [6, 6.07) is 4.12. The molecule has 0 aromatic heterocycles. The fourth-order valence-electron chi connectivity index (χ4n) is 1.16. The normalized spacial score (nSPS) is 12.7. The lowest BCUT2D eigenvalue weighted by Gasteiger charge is -2.38. The predicted molar refractivity (Wildman–Crippen MR) is 73.2 cm³/mol. The molecule has 18 heavy (non-hydrogen) atoms. The molecule has 0 unspecified atom stereocenters. The molecule has 2 N–H and O–H groups in total. The predicted octanol–water partition coefficient (Wildman–Crippen LogP) is 1.84. The van der Waals surface area contributed by atoms with Crippen LogP contribution in [0.3, 0.4) is 0 Å². The van der Waals surface area contributed by atoms with E-state index in [1.165, 1.54) is 18.2 Å². The Balaban J connectivity index is 2.89. The van der Waals surface area contributed by atoms with E-state index in [0.717, 1.165) is 0 Å². The number of rotatable bonds is 4. The van der Waals surface area contributed by atoms with E-state index in [0.29, 0.717) is 5.46 Å². The van der Waals surface area contributed by atoms with Gasteiger partial charge in [0.05, 0.1) is 15.7 Å². The van der Waals surface area contributed by atoms with Crippen LogP contribution in [0, 0.1) is 5.82 Å². The minimum absolute atomic E-state index is 0.253. The van der Waals surface area contributed by atoms with E-state index in [2.05, 4.69) is 15.9 Å². The van der Waals surface area contributed by atoms with Crippen molar-refractivity contribution in [3.05, 3.63) is 28.5 Å². The standard InChI is InChI=1S/C12H17BBrFO3/c1-11(2,16)12(3,4)18-13(17)8-5-6-10(15)9(14)7-8/h5-7,16-17H,1-4H3. The van der Waals surface area contributed by atoms with Gasteiger partial charge in [0.2, 0.25) is 0 Å². The number of halogens is 2. The second-order valence-electron chi connectivity index (χ2n) is 5.21. The maximum Gasteiger partial charge on any atom is 0.491 e. The van der Waals surface area contributed by atoms with Gasteiger partial charge in [-0.25, -0.2) is 4.39 Å². The molecule has 6 heteroatoms. The number of aliphatic hydroxyl groups is 1. The average molecular weight is 319 g/mol. The third-order valence-electron chi connectivity index (χ3n) is 3.11. The largest absolute Gasteiger partial charge is 0.491 e. The molecule has 0 heterocycles. The first-order chi connectivity index (χ1) is 8.04. The first-order valence-corrected chi connectivity index (χ1v) is 6.37. The van der Waals surface area contributed by atoms with Gasteiger partial charge < -0.3 is 14.8 Å². The summed E-state index contributed by atoms with van der Waals surface area (Å²) in [5, 5.41) is 19.9. The fourth-order valence-corrected chi connectivity index (χ4v) is 1.55. The summed E-state index contributed by atoms with van der Waals surface area (Å²) in [5.41, 5.74) is -1.65. The molecule has 0 fully saturated rings. The summed E-state index contributed by atoms with van der Waals surface area (Å²) in [5.74, 6) is -0.410. The molecule has 0 aliphatic carbocycles. The highest BCUT2D eigenvalue weighted by molar-refractivity contribution is 9.10. The van der Waals surface area contributed by atoms with Gasteiger partial charge in [-0.15, -0.1) is 0 Å². The quantitative estimate of drug-likeness (QED) is 0.833. The second-order valence-corrected chi connectivity index (χ2v) is 6.07. The van der Waals surface area contributed by atoms with Crippen molar-refractivity contribution in [2.75, 3.05) is 0 Å². The molecule has 0 radical (unpaired) electrons. The Morgan fingerprint density at radius 1 is 1.28 bits per heavy atom. The van der Waals surface area contributed by atoms with Crippen LogP contribution in [0.2, 0.25) is 0 Å². The molecule has 0 atom stereocenters. The van der Waals surface area contributed by atoms with Crippen LogP contribution in [0.1, 0.15) is 27.7 Å². The Morgan fingerprint density at radius 3 is 2.28 bits per heavy atom. The Morgan fingerprint density at radius 2 is 1.83 bits per heavy atom. The molecule has 100 valence electrons. The topological polar surface area (TPSA) is 49.7 Å². The molecule has 0 spiro atoms. The monoisotopic (exact) mass is 318 g/mol. The molecule has 0 saturated carbocycles. The van der Waals surface area contributed by atoms with E-state index in [1.807, 2.05) is 0 Å². The zero-order chi connectivity index (χ0) is 14.1. The number of hydrogen-bond acceptors (Lipinski definition) is 3. The van der Waals surface area contributed by atoms with Crippen LogP contribution in [0.25, 0.3) is 0 Å². The maximum atomic E-state index is 13.1. The molecular formula is C12H17BBrFO3. The van der Waals surface area contributed by atoms with Crippen LogP contribution >= 0.6 is 15.9 Å². The van der Waals surface area contributed by atoms with E-state index >= 15 is 0 Å². The van der Waals surface area contributed by atoms with E-state index in [-0.39, 0.29) is 4.47 Å². The van der Waals surface area contributed by atoms with Crippen molar-refractivity contribution in [1.29, 1.82) is 0 Å². The summed E-state index contributed by atoms with van der Waals surface area (Å²) in [4.78, 5) is 0. The molecule has 0 aliphatic rings. The van der Waals surface area contributed by atoms with E-state index < -0.39 is 24.1 Å². The highest BCUT2D eigenvalue weighted by Gasteiger charge is 2.39. The fraction of sp³-hybridized carbons (Fsp3) is 0.500. The third-order valence-corrected chi connectivity index (χ3v) is 3.72. The average Bonchev–Trinajstić information content (AvgIpc) is 2.19. The van der Waals surface area contributed by atoms with Crippen molar-refractivity contribution in [2.24, 2.45) is 0 Å². The molecule has 1 aromatic carbocycles. The van der Waals surface area contributed by atoms with Crippen LogP contribution in [-0.2, 0) is 4.65 Å². The van der Waals surface area contributed by atoms with Gasteiger partial charge >= 0.3 is 7.12 Å². The SMILES string of the molecule is CC(C)(O)C(C)(C)OB(O)c1ccc(F)c(Br)c1. The highest BCUT2D eigenvalue weighted by atomic mass is 79.9. The van der Waals surface area contributed by atoms with Gasteiger partial charge in [-0.2, -0.15) is 0 Å². The van der Waals surface area contributed by atoms with Crippen molar-refractivity contribution >= 4 is 28.5 Å². The summed E-state index contributed by atoms with van der Waals surface area (Å²) in [6.45, 7) is 6.55. The van der Waals surface area contributed by atoms with Crippen molar-refractivity contribution < 1.29 is 19.2 Å². The Bertz CT molecular complexity index is 432. The molecule has 1 rings (SSSR count). The smallest absolute Gasteiger partial charge is 0.423 e. The minimum Gasteiger partial charge on any atom is -0.423 e. The summed E-state index contributed by atoms with van der Waals surface area (Å²) < 4.78 is 18.8. The van der Waals surface area contributed by atoms with Crippen molar-refractivity contribution in [3.63, 3.8) is 0 Å². The van der Waals surface area contributed by atoms with Crippen LogP contribution in [0.15, 0.2) is 22.7 Å². The Hall–Kier alpha value is -0.425. The van der Waals surface area contributed by atoms with Crippen molar-refractivity contribution in [2.45, 2.75) is 38.9 Å². The third kappa shape index (κ3) is 3.54. The van der Waals surface area contributed by atoms with Crippen molar-refractivity contribution in [3.8, 4) is 0 Å². The van der Waals surface area contributed by atoms with Crippen molar-refractivity contribution in [1.82, 2.24) is 0 Å². The lowest BCUT2D eigenvalue weighted by Crippen LogP contribution is -2.53. The number of hydrogen-bond donors (Lipinski definition) is 2. The zero-order valence-electron chi connectivity index (χ0n) is 10.9. The minimum atomic E-state index is -1.23. The molecule has 0 amide bonds. The van der Waals surface area contributed by atoms with Gasteiger partial charge in [0.25, 0.3) is 0 Å². The highest BCUT2D eigenvalue weighted by Crippen LogP contribution is 2.25. The summed E-state index contributed by atoms with van der Waals surface area (Å²) >= 11 is 3.04. The van der Waals surface area contributed by atoms with Gasteiger partial charge in [-0.05, 0) is 61.2 Å². The van der Waals surface area contributed by atoms with E-state index in [4.69, 9.17) is 4.65 Å². The maximum absolute atomic E-state index is 13.1. The van der Waals surface area contributed by atoms with Crippen LogP contribution < -0.4 is 5.46 Å². The Kier molecular flexibility index (Phi) is 4.59. The molecule has 0 saturated heterocycles. The summed E-state index contributed by atoms with van der Waals surface area (Å²) in [7, 11) is -1.23. The molecule has 1 aromatic rings. The lowest BCUT2D eigenvalue weighted by molar-refractivity contribution is -0.0982. The molecule has 0 aliphatic heterocycles. The van der Waals surface area contributed by atoms with Gasteiger partial charge in [-0.3, -0.25) is 0 Å². The van der Waals surface area contributed by atoms with Gasteiger partial charge in [-0.1, -0.05) is 6.07 Å².